The van der Waals surface area contributed by atoms with Crippen LogP contribution >= 0.6 is 0 Å². The third kappa shape index (κ3) is 8.88. The summed E-state index contributed by atoms with van der Waals surface area (Å²) in [4.78, 5) is 12.5. The van der Waals surface area contributed by atoms with Gasteiger partial charge in [0.2, 0.25) is 0 Å². The quantitative estimate of drug-likeness (QED) is 0.457. The van der Waals surface area contributed by atoms with Gasteiger partial charge in [-0.15, -0.1) is 6.58 Å². The Hall–Kier alpha value is -1.85. The molecule has 1 aromatic carbocycles. The SMILES string of the molecule is C=CCO[C@@H](C[C@H](O)[C@H](CC1CCCCC1)NC(=O)OCc1ccccc1)C(C)C. The lowest BCUT2D eigenvalue weighted by atomic mass is 9.82. The van der Waals surface area contributed by atoms with Crippen molar-refractivity contribution >= 4 is 6.09 Å². The average Bonchev–Trinajstić information content (AvgIpc) is 2.76. The number of nitrogens with one attached hydrogen (secondary N) is 1. The second kappa shape index (κ2) is 13.5. The fourth-order valence-electron chi connectivity index (χ4n) is 4.14. The predicted octanol–water partition coefficient (Wildman–Crippen LogP) is 5.23. The van der Waals surface area contributed by atoms with Gasteiger partial charge in [0.25, 0.3) is 0 Å². The zero-order chi connectivity index (χ0) is 21.8. The summed E-state index contributed by atoms with van der Waals surface area (Å²) in [5, 5.41) is 14.0. The number of hydrogen-bond acceptors (Lipinski definition) is 4. The Bertz CT molecular complexity index is 613. The maximum absolute atomic E-state index is 12.5. The van der Waals surface area contributed by atoms with Crippen molar-refractivity contribution < 1.29 is 19.4 Å². The van der Waals surface area contributed by atoms with E-state index in [1.54, 1.807) is 6.08 Å². The van der Waals surface area contributed by atoms with E-state index in [2.05, 4.69) is 25.7 Å². The van der Waals surface area contributed by atoms with Crippen LogP contribution in [0.4, 0.5) is 4.79 Å². The van der Waals surface area contributed by atoms with Crippen LogP contribution in [0.1, 0.15) is 64.4 Å². The molecule has 2 rings (SSSR count). The topological polar surface area (TPSA) is 67.8 Å². The molecule has 1 aliphatic carbocycles. The summed E-state index contributed by atoms with van der Waals surface area (Å²) in [6.07, 6.45) is 7.76. The fourth-order valence-corrected chi connectivity index (χ4v) is 4.14. The molecular formula is C25H39NO4. The molecular weight excluding hydrogens is 378 g/mol. The molecule has 1 saturated carbocycles. The van der Waals surface area contributed by atoms with E-state index in [1.807, 2.05) is 30.3 Å². The van der Waals surface area contributed by atoms with Crippen LogP contribution in [-0.4, -0.2) is 36.1 Å². The van der Waals surface area contributed by atoms with Crippen molar-refractivity contribution in [3.8, 4) is 0 Å². The van der Waals surface area contributed by atoms with E-state index in [1.165, 1.54) is 19.3 Å². The molecule has 2 N–H and O–H groups in total. The van der Waals surface area contributed by atoms with Gasteiger partial charge in [-0.1, -0.05) is 82.4 Å². The highest BCUT2D eigenvalue weighted by Gasteiger charge is 2.29. The lowest BCUT2D eigenvalue weighted by molar-refractivity contribution is -0.0118. The van der Waals surface area contributed by atoms with E-state index in [4.69, 9.17) is 9.47 Å². The smallest absolute Gasteiger partial charge is 0.407 e. The monoisotopic (exact) mass is 417 g/mol. The number of benzene rings is 1. The van der Waals surface area contributed by atoms with Gasteiger partial charge in [0, 0.05) is 6.42 Å². The van der Waals surface area contributed by atoms with Gasteiger partial charge in [-0.05, 0) is 23.8 Å². The van der Waals surface area contributed by atoms with Crippen LogP contribution < -0.4 is 5.32 Å². The first-order valence-electron chi connectivity index (χ1n) is 11.4. The molecule has 1 amide bonds. The first-order valence-corrected chi connectivity index (χ1v) is 11.4. The second-order valence-electron chi connectivity index (χ2n) is 8.76. The zero-order valence-electron chi connectivity index (χ0n) is 18.6. The number of rotatable bonds is 12. The van der Waals surface area contributed by atoms with Crippen molar-refractivity contribution in [2.75, 3.05) is 6.61 Å². The van der Waals surface area contributed by atoms with Crippen molar-refractivity contribution in [2.24, 2.45) is 11.8 Å². The summed E-state index contributed by atoms with van der Waals surface area (Å²) < 4.78 is 11.3. The number of aliphatic hydroxyl groups excluding tert-OH is 1. The minimum absolute atomic E-state index is 0.0889. The molecule has 0 bridgehead atoms. The summed E-state index contributed by atoms with van der Waals surface area (Å²) in [6.45, 7) is 8.54. The van der Waals surface area contributed by atoms with Crippen LogP contribution in [0.25, 0.3) is 0 Å². The van der Waals surface area contributed by atoms with Crippen LogP contribution in [-0.2, 0) is 16.1 Å². The Morgan fingerprint density at radius 1 is 1.23 bits per heavy atom. The summed E-state index contributed by atoms with van der Waals surface area (Å²) in [6, 6.07) is 9.27. The van der Waals surface area contributed by atoms with Gasteiger partial charge in [0.05, 0.1) is 24.9 Å². The minimum Gasteiger partial charge on any atom is -0.445 e. The Balaban J connectivity index is 1.96. The van der Waals surface area contributed by atoms with E-state index in [9.17, 15) is 9.90 Å². The molecule has 1 fully saturated rings. The molecule has 0 unspecified atom stereocenters. The molecule has 5 heteroatoms. The van der Waals surface area contributed by atoms with Crippen LogP contribution in [0.5, 0.6) is 0 Å². The normalized spacial score (nSPS) is 17.9. The number of alkyl carbamates (subject to hydrolysis) is 1. The number of amides is 1. The first-order chi connectivity index (χ1) is 14.5. The Morgan fingerprint density at radius 2 is 1.93 bits per heavy atom. The van der Waals surface area contributed by atoms with Gasteiger partial charge >= 0.3 is 6.09 Å². The molecule has 0 aliphatic heterocycles. The van der Waals surface area contributed by atoms with Gasteiger partial charge in [0.15, 0.2) is 0 Å². The van der Waals surface area contributed by atoms with E-state index in [0.717, 1.165) is 24.8 Å². The number of carbonyl (C=O) groups is 1. The van der Waals surface area contributed by atoms with E-state index in [-0.39, 0.29) is 24.7 Å². The number of hydrogen-bond donors (Lipinski definition) is 2. The summed E-state index contributed by atoms with van der Waals surface area (Å²) in [5.41, 5.74) is 0.940. The average molecular weight is 418 g/mol. The summed E-state index contributed by atoms with van der Waals surface area (Å²) in [5.74, 6) is 0.791. The standard InChI is InChI=1S/C25H39NO4/c1-4-15-29-24(19(2)3)17-23(27)22(16-20-11-7-5-8-12-20)26-25(28)30-18-21-13-9-6-10-14-21/h4,6,9-10,13-14,19-20,22-24,27H,1,5,7-8,11-12,15-18H2,2-3H3,(H,26,28)/t22-,23-,24-/m0/s1. The van der Waals surface area contributed by atoms with Crippen molar-refractivity contribution in [3.63, 3.8) is 0 Å². The highest BCUT2D eigenvalue weighted by atomic mass is 16.5. The van der Waals surface area contributed by atoms with Crippen molar-refractivity contribution in [2.45, 2.75) is 83.6 Å². The molecule has 1 aromatic rings. The molecule has 0 aromatic heterocycles. The van der Waals surface area contributed by atoms with Crippen molar-refractivity contribution in [3.05, 3.63) is 48.6 Å². The van der Waals surface area contributed by atoms with E-state index in [0.29, 0.717) is 18.9 Å². The van der Waals surface area contributed by atoms with Crippen molar-refractivity contribution in [1.82, 2.24) is 5.32 Å². The maximum Gasteiger partial charge on any atom is 0.407 e. The lowest BCUT2D eigenvalue weighted by Gasteiger charge is -2.32. The van der Waals surface area contributed by atoms with Gasteiger partial charge in [-0.3, -0.25) is 0 Å². The van der Waals surface area contributed by atoms with E-state index < -0.39 is 12.2 Å². The molecule has 0 spiro atoms. The number of ether oxygens (including phenoxy) is 2. The molecule has 30 heavy (non-hydrogen) atoms. The maximum atomic E-state index is 12.5. The Morgan fingerprint density at radius 3 is 2.57 bits per heavy atom. The molecule has 0 radical (unpaired) electrons. The summed E-state index contributed by atoms with van der Waals surface area (Å²) in [7, 11) is 0. The van der Waals surface area contributed by atoms with Gasteiger partial charge < -0.3 is 19.9 Å². The van der Waals surface area contributed by atoms with Crippen molar-refractivity contribution in [1.29, 1.82) is 0 Å². The third-order valence-electron chi connectivity index (χ3n) is 5.94. The Kier molecular flexibility index (Phi) is 11.0. The van der Waals surface area contributed by atoms with Gasteiger partial charge in [-0.2, -0.15) is 0 Å². The summed E-state index contributed by atoms with van der Waals surface area (Å²) >= 11 is 0. The minimum atomic E-state index is -0.687. The first kappa shape index (κ1) is 24.4. The fraction of sp³-hybridized carbons (Fsp3) is 0.640. The highest BCUT2D eigenvalue weighted by Crippen LogP contribution is 2.29. The Labute approximate surface area is 181 Å². The molecule has 5 nitrogen and oxygen atoms in total. The van der Waals surface area contributed by atoms with Crippen LogP contribution in [0, 0.1) is 11.8 Å². The van der Waals surface area contributed by atoms with Gasteiger partial charge in [-0.25, -0.2) is 4.79 Å². The number of aliphatic hydroxyl groups is 1. The molecule has 0 heterocycles. The highest BCUT2D eigenvalue weighted by molar-refractivity contribution is 5.67. The predicted molar refractivity (Wildman–Crippen MR) is 120 cm³/mol. The largest absolute Gasteiger partial charge is 0.445 e. The molecule has 3 atom stereocenters. The van der Waals surface area contributed by atoms with E-state index >= 15 is 0 Å². The molecule has 168 valence electrons. The van der Waals surface area contributed by atoms with Crippen LogP contribution in [0.3, 0.4) is 0 Å². The van der Waals surface area contributed by atoms with Crippen LogP contribution in [0.2, 0.25) is 0 Å². The van der Waals surface area contributed by atoms with Gasteiger partial charge in [0.1, 0.15) is 6.61 Å². The third-order valence-corrected chi connectivity index (χ3v) is 5.94. The zero-order valence-corrected chi connectivity index (χ0v) is 18.6. The molecule has 1 aliphatic rings. The van der Waals surface area contributed by atoms with Crippen LogP contribution in [0.15, 0.2) is 43.0 Å². The second-order valence-corrected chi connectivity index (χ2v) is 8.76. The molecule has 0 saturated heterocycles. The lowest BCUT2D eigenvalue weighted by Crippen LogP contribution is -2.46. The number of carbonyl (C=O) groups excluding carboxylic acids is 1.